The number of amides is 1. The Morgan fingerprint density at radius 1 is 0.895 bits per heavy atom. The van der Waals surface area contributed by atoms with Crippen LogP contribution in [0.25, 0.3) is 21.9 Å². The first-order valence-corrected chi connectivity index (χ1v) is 11.5. The largest absolute Gasteiger partial charge is 0.478 e. The van der Waals surface area contributed by atoms with E-state index in [2.05, 4.69) is 4.99 Å². The first kappa shape index (κ1) is 28.5. The van der Waals surface area contributed by atoms with Gasteiger partial charge in [-0.3, -0.25) is 4.79 Å². The van der Waals surface area contributed by atoms with Gasteiger partial charge in [0.2, 0.25) is 0 Å². The van der Waals surface area contributed by atoms with Crippen LogP contribution in [0.15, 0.2) is 59.6 Å². The zero-order chi connectivity index (χ0) is 28.1. The highest BCUT2D eigenvalue weighted by molar-refractivity contribution is 6.01. The third kappa shape index (κ3) is 6.43. The molecule has 10 N–H and O–H groups in total. The van der Waals surface area contributed by atoms with Gasteiger partial charge in [-0.05, 0) is 58.3 Å². The number of hydrogen-bond acceptors (Lipinski definition) is 8. The number of aliphatic hydroxyl groups excluding tert-OH is 5. The van der Waals surface area contributed by atoms with Crippen LogP contribution in [0.1, 0.15) is 20.7 Å². The fourth-order valence-corrected chi connectivity index (χ4v) is 3.98. The first-order valence-electron chi connectivity index (χ1n) is 11.5. The van der Waals surface area contributed by atoms with Crippen LogP contribution in [0.5, 0.6) is 0 Å². The molecule has 202 valence electrons. The smallest absolute Gasteiger partial charge is 0.336 e. The summed E-state index contributed by atoms with van der Waals surface area (Å²) in [4.78, 5) is 29.8. The summed E-state index contributed by atoms with van der Waals surface area (Å²) < 4.78 is 0. The van der Waals surface area contributed by atoms with Crippen molar-refractivity contribution >= 4 is 34.3 Å². The highest BCUT2D eigenvalue weighted by Gasteiger charge is 2.31. The number of likely N-dealkylation sites (N-methyl/N-ethyl adjacent to an activating group) is 1. The Morgan fingerprint density at radius 2 is 1.53 bits per heavy atom. The zero-order valence-electron chi connectivity index (χ0n) is 20.5. The van der Waals surface area contributed by atoms with Crippen LogP contribution in [0.4, 0.5) is 5.69 Å². The standard InChI is InChI=1S/C26H30N4O8/c1-30(11-20(32)22(34)23(35)21(33)12-31)24(36)16-5-3-13-8-15(4-2-14(13)9-16)19-10-17(29-26(27)28)6-7-18(19)25(37)38/h2-10,20-23,31-35H,11-12H2,1H3,(H,37,38)(H4,27,28,29)/t20-,21+,22+,23+/m0/s1. The lowest BCUT2D eigenvalue weighted by molar-refractivity contribution is -0.117. The monoisotopic (exact) mass is 526 g/mol. The van der Waals surface area contributed by atoms with Crippen LogP contribution in [0, 0.1) is 0 Å². The van der Waals surface area contributed by atoms with Crippen molar-refractivity contribution in [2.75, 3.05) is 20.2 Å². The number of aliphatic imine (C=N–C) groups is 1. The summed E-state index contributed by atoms with van der Waals surface area (Å²) in [5.74, 6) is -1.76. The Kier molecular flexibility index (Phi) is 8.99. The number of carboxylic acid groups (broad SMARTS) is 1. The van der Waals surface area contributed by atoms with Crippen LogP contribution in [0.3, 0.4) is 0 Å². The second kappa shape index (κ2) is 12.0. The van der Waals surface area contributed by atoms with Gasteiger partial charge in [0, 0.05) is 19.2 Å². The Labute approximate surface area is 217 Å². The summed E-state index contributed by atoms with van der Waals surface area (Å²) in [6, 6.07) is 14.5. The van der Waals surface area contributed by atoms with Crippen molar-refractivity contribution in [1.82, 2.24) is 4.90 Å². The first-order chi connectivity index (χ1) is 17.9. The van der Waals surface area contributed by atoms with E-state index in [9.17, 15) is 35.1 Å². The minimum absolute atomic E-state index is 0.0599. The van der Waals surface area contributed by atoms with E-state index in [0.717, 1.165) is 10.3 Å². The molecular formula is C26H30N4O8. The van der Waals surface area contributed by atoms with Gasteiger partial charge in [-0.25, -0.2) is 9.79 Å². The number of nitrogens with two attached hydrogens (primary N) is 2. The summed E-state index contributed by atoms with van der Waals surface area (Å²) in [6.07, 6.45) is -6.81. The molecule has 0 aliphatic heterocycles. The number of benzene rings is 3. The lowest BCUT2D eigenvalue weighted by Gasteiger charge is -2.28. The van der Waals surface area contributed by atoms with Gasteiger partial charge in [-0.15, -0.1) is 0 Å². The van der Waals surface area contributed by atoms with Gasteiger partial charge in [-0.1, -0.05) is 18.2 Å². The third-order valence-electron chi connectivity index (χ3n) is 6.02. The maximum atomic E-state index is 12.9. The average Bonchev–Trinajstić information content (AvgIpc) is 2.89. The Balaban J connectivity index is 1.85. The summed E-state index contributed by atoms with van der Waals surface area (Å²) in [6.45, 7) is -1.16. The van der Waals surface area contributed by atoms with Gasteiger partial charge >= 0.3 is 5.97 Å². The molecule has 3 aromatic rings. The van der Waals surface area contributed by atoms with Crippen LogP contribution < -0.4 is 11.5 Å². The molecule has 0 aliphatic rings. The summed E-state index contributed by atoms with van der Waals surface area (Å²) in [5.41, 5.74) is 12.6. The second-order valence-corrected chi connectivity index (χ2v) is 8.83. The fourth-order valence-electron chi connectivity index (χ4n) is 3.98. The molecule has 0 radical (unpaired) electrons. The maximum absolute atomic E-state index is 12.9. The summed E-state index contributed by atoms with van der Waals surface area (Å²) >= 11 is 0. The molecule has 0 aliphatic carbocycles. The molecule has 12 nitrogen and oxygen atoms in total. The number of guanidine groups is 1. The van der Waals surface area contributed by atoms with Gasteiger partial charge in [0.15, 0.2) is 5.96 Å². The number of carbonyl (C=O) groups is 2. The quantitative estimate of drug-likeness (QED) is 0.126. The molecule has 0 bridgehead atoms. The third-order valence-corrected chi connectivity index (χ3v) is 6.02. The number of carbonyl (C=O) groups excluding carboxylic acids is 1. The van der Waals surface area contributed by atoms with E-state index in [1.54, 1.807) is 42.5 Å². The molecule has 0 saturated carbocycles. The summed E-state index contributed by atoms with van der Waals surface area (Å²) in [5, 5.41) is 59.3. The van der Waals surface area contributed by atoms with E-state index >= 15 is 0 Å². The second-order valence-electron chi connectivity index (χ2n) is 8.83. The predicted octanol–water partition coefficient (Wildman–Crippen LogP) is -0.382. The van der Waals surface area contributed by atoms with E-state index < -0.39 is 42.9 Å². The molecule has 1 amide bonds. The van der Waals surface area contributed by atoms with Crippen molar-refractivity contribution in [2.45, 2.75) is 24.4 Å². The zero-order valence-corrected chi connectivity index (χ0v) is 20.5. The van der Waals surface area contributed by atoms with Crippen LogP contribution in [0.2, 0.25) is 0 Å². The Hall–Kier alpha value is -4.07. The van der Waals surface area contributed by atoms with Crippen molar-refractivity contribution in [3.05, 3.63) is 65.7 Å². The molecule has 0 fully saturated rings. The minimum Gasteiger partial charge on any atom is -0.478 e. The molecule has 0 spiro atoms. The number of carboxylic acids is 1. The summed E-state index contributed by atoms with van der Waals surface area (Å²) in [7, 11) is 1.40. The molecule has 3 aromatic carbocycles. The van der Waals surface area contributed by atoms with Gasteiger partial charge in [0.05, 0.1) is 17.9 Å². The molecule has 38 heavy (non-hydrogen) atoms. The van der Waals surface area contributed by atoms with Crippen molar-refractivity contribution in [3.63, 3.8) is 0 Å². The number of hydrogen-bond donors (Lipinski definition) is 8. The topological polar surface area (TPSA) is 223 Å². The van der Waals surface area contributed by atoms with Gasteiger partial charge < -0.3 is 47.0 Å². The van der Waals surface area contributed by atoms with E-state index in [-0.39, 0.29) is 23.6 Å². The molecule has 4 atom stereocenters. The normalized spacial score (nSPS) is 14.4. The van der Waals surface area contributed by atoms with E-state index in [1.165, 1.54) is 19.2 Å². The number of fused-ring (bicyclic) bond motifs is 1. The highest BCUT2D eigenvalue weighted by atomic mass is 16.4. The molecule has 0 saturated heterocycles. The van der Waals surface area contributed by atoms with Crippen LogP contribution >= 0.6 is 0 Å². The Morgan fingerprint density at radius 3 is 2.16 bits per heavy atom. The fraction of sp³-hybridized carbons (Fsp3) is 0.269. The van der Waals surface area contributed by atoms with Crippen molar-refractivity contribution < 1.29 is 40.2 Å². The molecule has 0 aromatic heterocycles. The number of aromatic carboxylic acids is 1. The van der Waals surface area contributed by atoms with Crippen molar-refractivity contribution in [1.29, 1.82) is 0 Å². The average molecular weight is 527 g/mol. The molecule has 0 unspecified atom stereocenters. The van der Waals surface area contributed by atoms with E-state index in [0.29, 0.717) is 22.2 Å². The minimum atomic E-state index is -1.80. The number of aliphatic hydroxyl groups is 5. The maximum Gasteiger partial charge on any atom is 0.336 e. The molecule has 0 heterocycles. The lowest BCUT2D eigenvalue weighted by atomic mass is 9.96. The number of rotatable bonds is 10. The van der Waals surface area contributed by atoms with Crippen LogP contribution in [-0.2, 0) is 0 Å². The van der Waals surface area contributed by atoms with Gasteiger partial charge in [0.25, 0.3) is 5.91 Å². The lowest BCUT2D eigenvalue weighted by Crippen LogP contribution is -2.49. The van der Waals surface area contributed by atoms with Crippen molar-refractivity contribution in [2.24, 2.45) is 16.5 Å². The number of nitrogens with zero attached hydrogens (tertiary/aromatic N) is 2. The van der Waals surface area contributed by atoms with Crippen molar-refractivity contribution in [3.8, 4) is 11.1 Å². The van der Waals surface area contributed by atoms with Crippen LogP contribution in [-0.4, -0.2) is 98.0 Å². The predicted molar refractivity (Wildman–Crippen MR) is 140 cm³/mol. The SMILES string of the molecule is CN(C[C@H](O)[C@@H](O)[C@H](O)[C@H](O)CO)C(=O)c1ccc2cc(-c3cc(N=C(N)N)ccc3C(=O)O)ccc2c1. The Bertz CT molecular complexity index is 1360. The highest BCUT2D eigenvalue weighted by Crippen LogP contribution is 2.31. The molecule has 12 heteroatoms. The molecular weight excluding hydrogens is 496 g/mol. The van der Waals surface area contributed by atoms with Gasteiger partial charge in [-0.2, -0.15) is 0 Å². The van der Waals surface area contributed by atoms with Gasteiger partial charge in [0.1, 0.15) is 24.4 Å². The molecule has 3 rings (SSSR count). The van der Waals surface area contributed by atoms with E-state index in [1.807, 2.05) is 0 Å². The van der Waals surface area contributed by atoms with E-state index in [4.69, 9.17) is 16.6 Å².